The maximum Gasteiger partial charge on any atom is 0.252 e. The lowest BCUT2D eigenvalue weighted by Gasteiger charge is -2.54. The number of rotatable bonds is 4. The zero-order chi connectivity index (χ0) is 53.4. The van der Waals surface area contributed by atoms with Crippen LogP contribution in [0.15, 0.2) is 170 Å². The Kier molecular flexibility index (Phi) is 10.2. The summed E-state index contributed by atoms with van der Waals surface area (Å²) in [5.74, 6) is 0. The van der Waals surface area contributed by atoms with Crippen molar-refractivity contribution in [1.82, 2.24) is 0 Å². The van der Waals surface area contributed by atoms with Gasteiger partial charge in [-0.05, 0) is 159 Å². The van der Waals surface area contributed by atoms with Gasteiger partial charge in [-0.2, -0.15) is 0 Å². The third kappa shape index (κ3) is 6.45. The van der Waals surface area contributed by atoms with Gasteiger partial charge in [0.1, 0.15) is 0 Å². The van der Waals surface area contributed by atoms with Gasteiger partial charge in [0.15, 0.2) is 0 Å². The smallest absolute Gasteiger partial charge is 0.252 e. The van der Waals surface area contributed by atoms with Crippen molar-refractivity contribution >= 4 is 62.9 Å². The maximum absolute atomic E-state index is 2.93. The van der Waals surface area contributed by atoms with Gasteiger partial charge in [-0.3, -0.25) is 0 Å². The van der Waals surface area contributed by atoms with Gasteiger partial charge in [0, 0.05) is 50.5 Å². The normalized spacial score (nSPS) is 23.6. The summed E-state index contributed by atoms with van der Waals surface area (Å²) < 4.78 is 0. The number of nitrogens with zero attached hydrogens (tertiary/aromatic N) is 3. The minimum absolute atomic E-state index is 0.00206. The van der Waals surface area contributed by atoms with E-state index in [4.69, 9.17) is 0 Å². The highest BCUT2D eigenvalue weighted by Crippen LogP contribution is 2.67. The molecule has 4 heterocycles. The van der Waals surface area contributed by atoms with Crippen molar-refractivity contribution < 1.29 is 0 Å². The molecule has 77 heavy (non-hydrogen) atoms. The zero-order valence-electron chi connectivity index (χ0n) is 47.8. The van der Waals surface area contributed by atoms with E-state index >= 15 is 0 Å². The van der Waals surface area contributed by atoms with Crippen LogP contribution in [0.4, 0.5) is 39.8 Å². The molecular formula is C73H76BN3. The molecule has 8 aromatic carbocycles. The molecule has 3 nitrogen and oxygen atoms in total. The number of anilines is 7. The summed E-state index contributed by atoms with van der Waals surface area (Å²) in [7, 11) is 0. The van der Waals surface area contributed by atoms with E-state index in [9.17, 15) is 0 Å². The molecule has 0 aromatic heterocycles. The van der Waals surface area contributed by atoms with Crippen molar-refractivity contribution in [1.29, 1.82) is 0 Å². The van der Waals surface area contributed by atoms with Crippen LogP contribution < -0.4 is 31.1 Å². The quantitative estimate of drug-likeness (QED) is 0.163. The standard InChI is InChI=1S/C73H76BN3/c1-67(2,3)50-34-36-60(54(41-50)47-25-15-13-16-26-47)75-62-44-51(68(4,5)6)33-35-58(62)74-59-43-52(69(7,8)9)42-57-66(59)77(72(12)55-30-20-19-27-48(55)37-40-70(57,72)10)64-46-53(45-63(75)65(64)74)76-61-32-22-21-31-56(61)73(49-28-17-14-18-29-49)39-24-23-38-71(73,76)11/h13-22,25-36,41-46H,23-24,37-40H2,1-12H3. The number of benzene rings is 8. The molecule has 4 aliphatic heterocycles. The van der Waals surface area contributed by atoms with E-state index in [0.717, 1.165) is 25.7 Å². The van der Waals surface area contributed by atoms with E-state index in [0.29, 0.717) is 0 Å². The fourth-order valence-corrected chi connectivity index (χ4v) is 16.4. The lowest BCUT2D eigenvalue weighted by atomic mass is 9.33. The minimum atomic E-state index is -0.386. The Labute approximate surface area is 460 Å². The number of fused-ring (bicyclic) bond motifs is 12. The number of hydrogen-bond donors (Lipinski definition) is 0. The molecule has 386 valence electrons. The first kappa shape index (κ1) is 48.6. The van der Waals surface area contributed by atoms with Gasteiger partial charge in [-0.25, -0.2) is 0 Å². The highest BCUT2D eigenvalue weighted by atomic mass is 15.3. The van der Waals surface area contributed by atoms with Crippen LogP contribution in [0.3, 0.4) is 0 Å². The minimum Gasteiger partial charge on any atom is -0.334 e. The SMILES string of the molecule is CC(C)(C)c1ccc(N2c3cc(C(C)(C)C)ccc3B3c4cc(C(C)(C)C)cc5c4N(c4cc(N6c7ccccc7C7(c8ccccc8)CCCCC67C)cc2c43)C2(C)c3ccccc3CCC52C)c(-c2ccccc2)c1. The molecule has 0 N–H and O–H groups in total. The molecule has 14 rings (SSSR count). The number of hydrogen-bond acceptors (Lipinski definition) is 3. The Hall–Kier alpha value is -6.78. The summed E-state index contributed by atoms with van der Waals surface area (Å²) in [5, 5.41) is 0. The molecule has 4 heteroatoms. The average molecular weight is 1010 g/mol. The predicted molar refractivity (Wildman–Crippen MR) is 328 cm³/mol. The lowest BCUT2D eigenvalue weighted by molar-refractivity contribution is 0.215. The van der Waals surface area contributed by atoms with Crippen LogP contribution >= 0.6 is 0 Å². The van der Waals surface area contributed by atoms with Crippen molar-refractivity contribution in [3.63, 3.8) is 0 Å². The first-order valence-electron chi connectivity index (χ1n) is 29.1. The van der Waals surface area contributed by atoms with Crippen LogP contribution in [-0.4, -0.2) is 12.3 Å². The van der Waals surface area contributed by atoms with Gasteiger partial charge in [0.2, 0.25) is 0 Å². The highest BCUT2D eigenvalue weighted by molar-refractivity contribution is 7.00. The molecule has 2 aliphatic carbocycles. The fourth-order valence-electron chi connectivity index (χ4n) is 16.4. The molecule has 6 aliphatic rings. The van der Waals surface area contributed by atoms with Gasteiger partial charge in [0.05, 0.1) is 16.8 Å². The second-order valence-corrected chi connectivity index (χ2v) is 27.8. The molecule has 0 spiro atoms. The molecule has 4 unspecified atom stereocenters. The summed E-state index contributed by atoms with van der Waals surface area (Å²) in [6.07, 6.45) is 6.75. The van der Waals surface area contributed by atoms with Crippen LogP contribution in [-0.2, 0) is 39.0 Å². The molecule has 0 amide bonds. The van der Waals surface area contributed by atoms with E-state index in [1.54, 1.807) is 0 Å². The summed E-state index contributed by atoms with van der Waals surface area (Å²) >= 11 is 0. The van der Waals surface area contributed by atoms with E-state index < -0.39 is 0 Å². The van der Waals surface area contributed by atoms with Crippen molar-refractivity contribution in [2.45, 2.75) is 160 Å². The third-order valence-corrected chi connectivity index (χ3v) is 20.6. The molecule has 4 atom stereocenters. The van der Waals surface area contributed by atoms with Crippen LogP contribution in [0.1, 0.15) is 160 Å². The average Bonchev–Trinajstić information content (AvgIpc) is 4.07. The molecule has 8 aromatic rings. The van der Waals surface area contributed by atoms with Crippen LogP contribution in [0, 0.1) is 0 Å². The van der Waals surface area contributed by atoms with E-state index in [2.05, 4.69) is 268 Å². The Balaban J connectivity index is 1.16. The lowest BCUT2D eigenvalue weighted by Crippen LogP contribution is -2.64. The van der Waals surface area contributed by atoms with Crippen molar-refractivity contribution in [2.24, 2.45) is 0 Å². The van der Waals surface area contributed by atoms with E-state index in [1.165, 1.54) is 125 Å². The maximum atomic E-state index is 2.93. The van der Waals surface area contributed by atoms with E-state index in [1.807, 2.05) is 0 Å². The topological polar surface area (TPSA) is 9.72 Å². The van der Waals surface area contributed by atoms with Gasteiger partial charge in [-0.15, -0.1) is 0 Å². The second-order valence-electron chi connectivity index (χ2n) is 27.8. The van der Waals surface area contributed by atoms with Gasteiger partial charge in [-0.1, -0.05) is 216 Å². The van der Waals surface area contributed by atoms with Crippen molar-refractivity contribution in [3.05, 3.63) is 214 Å². The van der Waals surface area contributed by atoms with Crippen LogP contribution in [0.2, 0.25) is 0 Å². The summed E-state index contributed by atoms with van der Waals surface area (Å²) in [6.45, 7) is 29.4. The van der Waals surface area contributed by atoms with Crippen LogP contribution in [0.25, 0.3) is 11.1 Å². The Morgan fingerprint density at radius 3 is 1.81 bits per heavy atom. The summed E-state index contributed by atoms with van der Waals surface area (Å²) in [5.41, 5.74) is 26.2. The number of aryl methyl sites for hydroxylation is 1. The summed E-state index contributed by atoms with van der Waals surface area (Å²) in [4.78, 5) is 8.55. The Morgan fingerprint density at radius 2 is 1.08 bits per heavy atom. The predicted octanol–water partition coefficient (Wildman–Crippen LogP) is 16.9. The number of para-hydroxylation sites is 1. The first-order valence-corrected chi connectivity index (χ1v) is 29.1. The molecule has 0 saturated heterocycles. The van der Waals surface area contributed by atoms with Crippen LogP contribution in [0.5, 0.6) is 0 Å². The first-order chi connectivity index (χ1) is 36.7. The van der Waals surface area contributed by atoms with Crippen molar-refractivity contribution in [2.75, 3.05) is 14.7 Å². The monoisotopic (exact) mass is 1010 g/mol. The zero-order valence-corrected chi connectivity index (χ0v) is 47.8. The second kappa shape index (κ2) is 16.2. The fraction of sp³-hybridized carbons (Fsp3) is 0.342. The Bertz CT molecular complexity index is 3740. The molecule has 1 saturated carbocycles. The van der Waals surface area contributed by atoms with Crippen molar-refractivity contribution in [3.8, 4) is 11.1 Å². The van der Waals surface area contributed by atoms with E-state index in [-0.39, 0.29) is 44.9 Å². The summed E-state index contributed by atoms with van der Waals surface area (Å²) in [6, 6.07) is 67.6. The largest absolute Gasteiger partial charge is 0.334 e. The molecule has 0 radical (unpaired) electrons. The Morgan fingerprint density at radius 1 is 0.455 bits per heavy atom. The highest BCUT2D eigenvalue weighted by Gasteiger charge is 2.65. The molecular weight excluding hydrogens is 930 g/mol. The van der Waals surface area contributed by atoms with Gasteiger partial charge >= 0.3 is 0 Å². The molecule has 1 fully saturated rings. The van der Waals surface area contributed by atoms with Gasteiger partial charge < -0.3 is 14.7 Å². The third-order valence-electron chi connectivity index (χ3n) is 20.6. The van der Waals surface area contributed by atoms with Gasteiger partial charge in [0.25, 0.3) is 6.71 Å². The molecule has 0 bridgehead atoms.